The monoisotopic (exact) mass is 195 g/mol. The topological polar surface area (TPSA) is 21.3 Å². The van der Waals surface area contributed by atoms with E-state index in [2.05, 4.69) is 5.32 Å². The van der Waals surface area contributed by atoms with E-state index in [1.165, 1.54) is 44.9 Å². The lowest BCUT2D eigenvalue weighted by atomic mass is 9.80. The molecule has 0 radical (unpaired) electrons. The van der Waals surface area contributed by atoms with Crippen LogP contribution in [0.3, 0.4) is 0 Å². The summed E-state index contributed by atoms with van der Waals surface area (Å²) in [5, 5.41) is 3.85. The molecule has 3 rings (SSSR count). The molecule has 1 heterocycles. The van der Waals surface area contributed by atoms with E-state index in [9.17, 15) is 0 Å². The van der Waals surface area contributed by atoms with E-state index in [-0.39, 0.29) is 0 Å². The Hall–Kier alpha value is -0.0800. The number of nitrogens with one attached hydrogen (secondary N) is 1. The Labute approximate surface area is 86.4 Å². The Morgan fingerprint density at radius 1 is 0.929 bits per heavy atom. The summed E-state index contributed by atoms with van der Waals surface area (Å²) >= 11 is 0. The summed E-state index contributed by atoms with van der Waals surface area (Å²) in [5.41, 5.74) is 0. The maximum absolute atomic E-state index is 5.78. The molecule has 1 aliphatic heterocycles. The molecule has 1 N–H and O–H groups in total. The normalized spacial score (nSPS) is 43.3. The van der Waals surface area contributed by atoms with Gasteiger partial charge in [-0.25, -0.2) is 0 Å². The van der Waals surface area contributed by atoms with Gasteiger partial charge in [0, 0.05) is 24.6 Å². The van der Waals surface area contributed by atoms with Gasteiger partial charge in [-0.15, -0.1) is 0 Å². The summed E-state index contributed by atoms with van der Waals surface area (Å²) in [5.74, 6) is 0.837. The average molecular weight is 195 g/mol. The summed E-state index contributed by atoms with van der Waals surface area (Å²) in [6.07, 6.45) is 10.2. The highest BCUT2D eigenvalue weighted by molar-refractivity contribution is 4.93. The Morgan fingerprint density at radius 3 is 2.57 bits per heavy atom. The molecule has 80 valence electrons. The molecule has 14 heavy (non-hydrogen) atoms. The van der Waals surface area contributed by atoms with Crippen molar-refractivity contribution in [1.29, 1.82) is 0 Å². The minimum absolute atomic E-state index is 0.598. The summed E-state index contributed by atoms with van der Waals surface area (Å²) in [6.45, 7) is 1.01. The van der Waals surface area contributed by atoms with Gasteiger partial charge in [-0.2, -0.15) is 0 Å². The molecular weight excluding hydrogens is 174 g/mol. The first-order valence-corrected chi connectivity index (χ1v) is 6.31. The predicted octanol–water partition coefficient (Wildman–Crippen LogP) is 2.09. The second-order valence-corrected chi connectivity index (χ2v) is 5.19. The molecule has 3 aliphatic rings. The van der Waals surface area contributed by atoms with Gasteiger partial charge in [0.05, 0.1) is 6.10 Å². The van der Waals surface area contributed by atoms with E-state index < -0.39 is 0 Å². The minimum atomic E-state index is 0.598. The molecule has 3 fully saturated rings. The average Bonchev–Trinajstić information content (AvgIpc) is 2.59. The van der Waals surface area contributed by atoms with Crippen molar-refractivity contribution in [2.75, 3.05) is 6.61 Å². The van der Waals surface area contributed by atoms with Gasteiger partial charge in [-0.3, -0.25) is 0 Å². The molecule has 3 unspecified atom stereocenters. The minimum Gasteiger partial charge on any atom is -0.378 e. The molecule has 0 aromatic rings. The Balaban J connectivity index is 1.59. The second kappa shape index (κ2) is 3.82. The van der Waals surface area contributed by atoms with Crippen molar-refractivity contribution >= 4 is 0 Å². The predicted molar refractivity (Wildman–Crippen MR) is 56.3 cm³/mol. The highest BCUT2D eigenvalue weighted by Crippen LogP contribution is 2.35. The van der Waals surface area contributed by atoms with Crippen molar-refractivity contribution in [3.63, 3.8) is 0 Å². The van der Waals surface area contributed by atoms with Gasteiger partial charge < -0.3 is 10.1 Å². The number of hydrogen-bond acceptors (Lipinski definition) is 2. The molecule has 0 aromatic heterocycles. The first kappa shape index (κ1) is 9.17. The molecule has 2 aliphatic carbocycles. The van der Waals surface area contributed by atoms with E-state index >= 15 is 0 Å². The lowest BCUT2D eigenvalue weighted by Crippen LogP contribution is -2.49. The standard InChI is InChI=1S/C12H21NO/c1-3-9(4-1)13-11-5-2-6-12-10(11)7-8-14-12/h9-13H,1-8H2. The first-order valence-electron chi connectivity index (χ1n) is 6.31. The van der Waals surface area contributed by atoms with Gasteiger partial charge in [0.25, 0.3) is 0 Å². The summed E-state index contributed by atoms with van der Waals surface area (Å²) < 4.78 is 5.78. The van der Waals surface area contributed by atoms with Gasteiger partial charge in [-0.05, 0) is 38.5 Å². The lowest BCUT2D eigenvalue weighted by Gasteiger charge is -2.38. The van der Waals surface area contributed by atoms with E-state index in [1.54, 1.807) is 0 Å². The third-order valence-electron chi connectivity index (χ3n) is 4.34. The maximum atomic E-state index is 5.78. The van der Waals surface area contributed by atoms with Crippen LogP contribution in [0.4, 0.5) is 0 Å². The largest absolute Gasteiger partial charge is 0.378 e. The van der Waals surface area contributed by atoms with Gasteiger partial charge in [0.2, 0.25) is 0 Å². The van der Waals surface area contributed by atoms with Crippen LogP contribution in [0, 0.1) is 5.92 Å². The van der Waals surface area contributed by atoms with E-state index in [4.69, 9.17) is 4.74 Å². The van der Waals surface area contributed by atoms with Crippen LogP contribution in [0.2, 0.25) is 0 Å². The van der Waals surface area contributed by atoms with Crippen LogP contribution in [0.5, 0.6) is 0 Å². The lowest BCUT2D eigenvalue weighted by molar-refractivity contribution is 0.0486. The summed E-state index contributed by atoms with van der Waals surface area (Å²) in [6, 6.07) is 1.63. The number of hydrogen-bond donors (Lipinski definition) is 1. The summed E-state index contributed by atoms with van der Waals surface area (Å²) in [4.78, 5) is 0. The fraction of sp³-hybridized carbons (Fsp3) is 1.00. The van der Waals surface area contributed by atoms with Gasteiger partial charge in [0.1, 0.15) is 0 Å². The smallest absolute Gasteiger partial charge is 0.0619 e. The van der Waals surface area contributed by atoms with Crippen molar-refractivity contribution in [3.05, 3.63) is 0 Å². The number of rotatable bonds is 2. The van der Waals surface area contributed by atoms with E-state index in [0.717, 1.165) is 24.6 Å². The van der Waals surface area contributed by atoms with Crippen molar-refractivity contribution in [3.8, 4) is 0 Å². The molecule has 2 saturated carbocycles. The number of fused-ring (bicyclic) bond motifs is 1. The molecule has 0 spiro atoms. The Kier molecular flexibility index (Phi) is 2.50. The first-order chi connectivity index (χ1) is 6.93. The van der Waals surface area contributed by atoms with Crippen LogP contribution in [-0.4, -0.2) is 24.8 Å². The second-order valence-electron chi connectivity index (χ2n) is 5.19. The quantitative estimate of drug-likeness (QED) is 0.728. The molecule has 0 amide bonds. The fourth-order valence-electron chi connectivity index (χ4n) is 3.26. The van der Waals surface area contributed by atoms with Crippen LogP contribution in [0.15, 0.2) is 0 Å². The van der Waals surface area contributed by atoms with Gasteiger partial charge in [-0.1, -0.05) is 6.42 Å². The molecule has 3 atom stereocenters. The van der Waals surface area contributed by atoms with Crippen LogP contribution in [0.25, 0.3) is 0 Å². The van der Waals surface area contributed by atoms with E-state index in [1.807, 2.05) is 0 Å². The Morgan fingerprint density at radius 2 is 1.79 bits per heavy atom. The van der Waals surface area contributed by atoms with Crippen molar-refractivity contribution in [1.82, 2.24) is 5.32 Å². The summed E-state index contributed by atoms with van der Waals surface area (Å²) in [7, 11) is 0. The molecule has 2 nitrogen and oxygen atoms in total. The van der Waals surface area contributed by atoms with Crippen LogP contribution < -0.4 is 5.32 Å². The zero-order valence-corrected chi connectivity index (χ0v) is 8.87. The van der Waals surface area contributed by atoms with Crippen LogP contribution in [0.1, 0.15) is 44.9 Å². The molecule has 0 bridgehead atoms. The Bertz CT molecular complexity index is 202. The highest BCUT2D eigenvalue weighted by atomic mass is 16.5. The zero-order chi connectivity index (χ0) is 9.38. The van der Waals surface area contributed by atoms with Crippen molar-refractivity contribution in [2.45, 2.75) is 63.1 Å². The SMILES string of the molecule is C1CC(NC2CCCC3OCCC23)C1. The van der Waals surface area contributed by atoms with Gasteiger partial charge in [0.15, 0.2) is 0 Å². The molecular formula is C12H21NO. The van der Waals surface area contributed by atoms with Gasteiger partial charge >= 0.3 is 0 Å². The number of ether oxygens (including phenoxy) is 1. The zero-order valence-electron chi connectivity index (χ0n) is 8.87. The maximum Gasteiger partial charge on any atom is 0.0619 e. The molecule has 2 heteroatoms. The fourth-order valence-corrected chi connectivity index (χ4v) is 3.26. The highest BCUT2D eigenvalue weighted by Gasteiger charge is 2.38. The van der Waals surface area contributed by atoms with Crippen molar-refractivity contribution < 1.29 is 4.74 Å². The third kappa shape index (κ3) is 1.59. The van der Waals surface area contributed by atoms with Crippen molar-refractivity contribution in [2.24, 2.45) is 5.92 Å². The van der Waals surface area contributed by atoms with Crippen LogP contribution in [-0.2, 0) is 4.74 Å². The molecule has 1 saturated heterocycles. The van der Waals surface area contributed by atoms with Crippen LogP contribution >= 0.6 is 0 Å². The molecule has 0 aromatic carbocycles. The third-order valence-corrected chi connectivity index (χ3v) is 4.34. The van der Waals surface area contributed by atoms with E-state index in [0.29, 0.717) is 6.10 Å².